The molecule has 0 aliphatic rings. The van der Waals surface area contributed by atoms with Gasteiger partial charge in [0.15, 0.2) is 0 Å². The highest BCUT2D eigenvalue weighted by Gasteiger charge is 2.30. The quantitative estimate of drug-likeness (QED) is 0.940. The van der Waals surface area contributed by atoms with Crippen molar-refractivity contribution >= 4 is 0 Å². The van der Waals surface area contributed by atoms with Crippen LogP contribution in [-0.4, -0.2) is 16.3 Å². The van der Waals surface area contributed by atoms with Crippen LogP contribution in [0.1, 0.15) is 11.4 Å². The average molecular weight is 299 g/mol. The number of nitrogens with zero attached hydrogens (tertiary/aromatic N) is 2. The van der Waals surface area contributed by atoms with Gasteiger partial charge in [-0.25, -0.2) is 4.98 Å². The van der Waals surface area contributed by atoms with E-state index in [4.69, 9.17) is 10.5 Å². The highest BCUT2D eigenvalue weighted by Crippen LogP contribution is 2.26. The van der Waals surface area contributed by atoms with Gasteiger partial charge in [0.2, 0.25) is 0 Å². The van der Waals surface area contributed by atoms with Crippen LogP contribution in [0.2, 0.25) is 0 Å². The molecule has 0 fully saturated rings. The smallest absolute Gasteiger partial charge is 0.424 e. The molecular weight excluding hydrogens is 287 g/mol. The zero-order valence-corrected chi connectivity index (χ0v) is 11.0. The van der Waals surface area contributed by atoms with Crippen LogP contribution in [0.25, 0.3) is 0 Å². The second-order valence-electron chi connectivity index (χ2n) is 4.11. The number of benzene rings is 1. The van der Waals surface area contributed by atoms with Crippen molar-refractivity contribution in [3.05, 3.63) is 41.7 Å². The van der Waals surface area contributed by atoms with Gasteiger partial charge in [-0.2, -0.15) is 4.98 Å². The zero-order chi connectivity index (χ0) is 15.5. The van der Waals surface area contributed by atoms with Gasteiger partial charge in [-0.05, 0) is 37.3 Å². The van der Waals surface area contributed by atoms with Crippen molar-refractivity contribution in [2.24, 2.45) is 5.73 Å². The first-order chi connectivity index (χ1) is 9.85. The molecule has 1 aromatic carbocycles. The lowest BCUT2D eigenvalue weighted by Gasteiger charge is -2.10. The molecule has 2 N–H and O–H groups in total. The third kappa shape index (κ3) is 4.60. The Morgan fingerprint density at radius 2 is 1.71 bits per heavy atom. The molecule has 2 aromatic rings. The lowest BCUT2D eigenvalue weighted by molar-refractivity contribution is -0.274. The summed E-state index contributed by atoms with van der Waals surface area (Å²) in [4.78, 5) is 8.12. The van der Waals surface area contributed by atoms with Crippen molar-refractivity contribution < 1.29 is 22.6 Å². The molecule has 0 bridgehead atoms. The van der Waals surface area contributed by atoms with Crippen molar-refractivity contribution in [1.82, 2.24) is 9.97 Å². The third-order valence-electron chi connectivity index (χ3n) is 2.36. The number of rotatable bonds is 4. The van der Waals surface area contributed by atoms with Crippen LogP contribution < -0.4 is 15.2 Å². The van der Waals surface area contributed by atoms with E-state index >= 15 is 0 Å². The molecule has 0 saturated heterocycles. The summed E-state index contributed by atoms with van der Waals surface area (Å²) >= 11 is 0. The molecular formula is C13H12F3N3O2. The molecule has 21 heavy (non-hydrogen) atoms. The van der Waals surface area contributed by atoms with Crippen molar-refractivity contribution in [2.45, 2.75) is 19.8 Å². The molecule has 0 unspecified atom stereocenters. The van der Waals surface area contributed by atoms with E-state index in [9.17, 15) is 13.2 Å². The first-order valence-corrected chi connectivity index (χ1v) is 5.94. The van der Waals surface area contributed by atoms with Gasteiger partial charge in [0.1, 0.15) is 11.5 Å². The third-order valence-corrected chi connectivity index (χ3v) is 2.36. The first kappa shape index (κ1) is 15.0. The molecule has 2 rings (SSSR count). The van der Waals surface area contributed by atoms with Gasteiger partial charge in [0.25, 0.3) is 0 Å². The van der Waals surface area contributed by atoms with E-state index in [-0.39, 0.29) is 24.1 Å². The van der Waals surface area contributed by atoms with Crippen molar-refractivity contribution in [3.8, 4) is 17.5 Å². The zero-order valence-electron chi connectivity index (χ0n) is 11.0. The Kier molecular flexibility index (Phi) is 4.27. The van der Waals surface area contributed by atoms with Gasteiger partial charge in [0, 0.05) is 12.2 Å². The van der Waals surface area contributed by atoms with Crippen molar-refractivity contribution in [1.29, 1.82) is 0 Å². The number of nitrogens with two attached hydrogens (primary N) is 1. The number of halogens is 3. The summed E-state index contributed by atoms with van der Waals surface area (Å²) in [7, 11) is 0. The monoisotopic (exact) mass is 299 g/mol. The Labute approximate surface area is 118 Å². The van der Waals surface area contributed by atoms with Crippen LogP contribution in [0, 0.1) is 6.92 Å². The molecule has 0 saturated carbocycles. The second kappa shape index (κ2) is 5.96. The summed E-state index contributed by atoms with van der Waals surface area (Å²) in [6.07, 6.45) is -4.72. The van der Waals surface area contributed by atoms with Crippen LogP contribution in [0.4, 0.5) is 13.2 Å². The lowest BCUT2D eigenvalue weighted by atomic mass is 10.3. The van der Waals surface area contributed by atoms with Crippen LogP contribution >= 0.6 is 0 Å². The van der Waals surface area contributed by atoms with Crippen molar-refractivity contribution in [2.75, 3.05) is 0 Å². The highest BCUT2D eigenvalue weighted by molar-refractivity contribution is 5.33. The Morgan fingerprint density at radius 3 is 2.29 bits per heavy atom. The SMILES string of the molecule is Cc1cc(CN)nc(Oc2ccc(OC(F)(F)F)cc2)n1. The van der Waals surface area contributed by atoms with Gasteiger partial charge in [-0.15, -0.1) is 13.2 Å². The number of aromatic nitrogens is 2. The minimum absolute atomic E-state index is 0.0833. The molecule has 8 heteroatoms. The van der Waals surface area contributed by atoms with Gasteiger partial charge < -0.3 is 15.2 Å². The summed E-state index contributed by atoms with van der Waals surface area (Å²) in [6, 6.07) is 6.74. The van der Waals surface area contributed by atoms with E-state index in [1.807, 2.05) is 0 Å². The first-order valence-electron chi connectivity index (χ1n) is 5.94. The largest absolute Gasteiger partial charge is 0.573 e. The van der Waals surface area contributed by atoms with E-state index in [1.165, 1.54) is 12.1 Å². The molecule has 0 amide bonds. The number of aryl methyl sites for hydroxylation is 1. The minimum Gasteiger partial charge on any atom is -0.424 e. The summed E-state index contributed by atoms with van der Waals surface area (Å²) in [5, 5.41) is 0. The molecule has 1 aromatic heterocycles. The van der Waals surface area contributed by atoms with Crippen molar-refractivity contribution in [3.63, 3.8) is 0 Å². The predicted octanol–water partition coefficient (Wildman–Crippen LogP) is 2.93. The Bertz CT molecular complexity index is 615. The Morgan fingerprint density at radius 1 is 1.10 bits per heavy atom. The normalized spacial score (nSPS) is 11.3. The molecule has 0 spiro atoms. The average Bonchev–Trinajstić information content (AvgIpc) is 2.38. The number of ether oxygens (including phenoxy) is 2. The Hall–Kier alpha value is -2.35. The maximum absolute atomic E-state index is 12.0. The maximum Gasteiger partial charge on any atom is 0.573 e. The van der Waals surface area contributed by atoms with Gasteiger partial charge >= 0.3 is 12.4 Å². The fourth-order valence-corrected chi connectivity index (χ4v) is 1.57. The highest BCUT2D eigenvalue weighted by atomic mass is 19.4. The molecule has 0 atom stereocenters. The van der Waals surface area contributed by atoms with Crippen LogP contribution in [0.3, 0.4) is 0 Å². The second-order valence-corrected chi connectivity index (χ2v) is 4.11. The van der Waals surface area contributed by atoms with E-state index < -0.39 is 6.36 Å². The van der Waals surface area contributed by atoms with Crippen LogP contribution in [-0.2, 0) is 6.54 Å². The molecule has 0 aliphatic heterocycles. The van der Waals surface area contributed by atoms with E-state index in [0.717, 1.165) is 12.1 Å². The standard InChI is InChI=1S/C13H12F3N3O2/c1-8-6-9(7-17)19-12(18-8)20-10-2-4-11(5-3-10)21-13(14,15)16/h2-6H,7,17H2,1H3. The lowest BCUT2D eigenvalue weighted by Crippen LogP contribution is -2.16. The van der Waals surface area contributed by atoms with Gasteiger partial charge in [-0.1, -0.05) is 0 Å². The summed E-state index contributed by atoms with van der Waals surface area (Å²) in [6.45, 7) is 1.99. The molecule has 1 heterocycles. The maximum atomic E-state index is 12.0. The van der Waals surface area contributed by atoms with Gasteiger partial charge in [-0.3, -0.25) is 0 Å². The predicted molar refractivity (Wildman–Crippen MR) is 67.9 cm³/mol. The fourth-order valence-electron chi connectivity index (χ4n) is 1.57. The Balaban J connectivity index is 2.11. The van der Waals surface area contributed by atoms with Crippen LogP contribution in [0.5, 0.6) is 17.5 Å². The number of hydrogen-bond acceptors (Lipinski definition) is 5. The van der Waals surface area contributed by atoms with E-state index in [1.54, 1.807) is 13.0 Å². The summed E-state index contributed by atoms with van der Waals surface area (Å²) < 4.78 is 45.2. The van der Waals surface area contributed by atoms with Gasteiger partial charge in [0.05, 0.1) is 5.69 Å². The van der Waals surface area contributed by atoms with Crippen LogP contribution in [0.15, 0.2) is 30.3 Å². The minimum atomic E-state index is -4.72. The molecule has 0 aliphatic carbocycles. The van der Waals surface area contributed by atoms with E-state index in [2.05, 4.69) is 14.7 Å². The fraction of sp³-hybridized carbons (Fsp3) is 0.231. The summed E-state index contributed by atoms with van der Waals surface area (Å²) in [5.74, 6) is -0.0410. The van der Waals surface area contributed by atoms with E-state index in [0.29, 0.717) is 11.4 Å². The number of alkyl halides is 3. The number of hydrogen-bond donors (Lipinski definition) is 1. The molecule has 112 valence electrons. The molecule has 5 nitrogen and oxygen atoms in total. The molecule has 0 radical (unpaired) electrons. The topological polar surface area (TPSA) is 70.3 Å². The summed E-state index contributed by atoms with van der Waals surface area (Å²) in [5.41, 5.74) is 6.77.